The predicted molar refractivity (Wildman–Crippen MR) is 99.2 cm³/mol. The fraction of sp³-hybridized carbons (Fsp3) is 0.111. The third kappa shape index (κ3) is 4.02. The second-order valence-electron chi connectivity index (χ2n) is 5.81. The standard InChI is InChI=1S/C18H16FN3O5S/c19-14-3-1-2-4-15(14)21-28(26,27)13-7-5-12(6-8-13)20-16-11-17(24)22(9-10-23)18(16)25/h1-8,11,20-21,23H,9-10H2. The van der Waals surface area contributed by atoms with Gasteiger partial charge in [-0.25, -0.2) is 12.8 Å². The first-order valence-electron chi connectivity index (χ1n) is 8.14. The van der Waals surface area contributed by atoms with Crippen LogP contribution in [0.15, 0.2) is 65.2 Å². The van der Waals surface area contributed by atoms with Gasteiger partial charge in [-0.05, 0) is 36.4 Å². The molecule has 1 aliphatic rings. The molecule has 0 atom stereocenters. The lowest BCUT2D eigenvalue weighted by molar-refractivity contribution is -0.137. The molecule has 3 rings (SSSR count). The maximum Gasteiger partial charge on any atom is 0.277 e. The summed E-state index contributed by atoms with van der Waals surface area (Å²) in [6, 6.07) is 10.7. The molecule has 0 bridgehead atoms. The highest BCUT2D eigenvalue weighted by Crippen LogP contribution is 2.22. The first-order valence-corrected chi connectivity index (χ1v) is 9.63. The molecule has 1 aliphatic heterocycles. The molecule has 28 heavy (non-hydrogen) atoms. The number of carbonyl (C=O) groups is 2. The van der Waals surface area contributed by atoms with Crippen LogP contribution in [0.4, 0.5) is 15.8 Å². The maximum absolute atomic E-state index is 13.7. The van der Waals surface area contributed by atoms with E-state index in [2.05, 4.69) is 10.0 Å². The molecule has 0 radical (unpaired) electrons. The van der Waals surface area contributed by atoms with Gasteiger partial charge in [0, 0.05) is 11.8 Å². The number of anilines is 2. The van der Waals surface area contributed by atoms with E-state index in [1.165, 1.54) is 42.5 Å². The minimum absolute atomic E-state index is 0.0125. The Morgan fingerprint density at radius 3 is 2.36 bits per heavy atom. The largest absolute Gasteiger partial charge is 0.395 e. The van der Waals surface area contributed by atoms with Crippen LogP contribution in [0, 0.1) is 5.82 Å². The van der Waals surface area contributed by atoms with Gasteiger partial charge < -0.3 is 10.4 Å². The summed E-state index contributed by atoms with van der Waals surface area (Å²) in [4.78, 5) is 24.6. The van der Waals surface area contributed by atoms with Crippen LogP contribution < -0.4 is 10.0 Å². The number of nitrogens with one attached hydrogen (secondary N) is 2. The number of hydrogen-bond acceptors (Lipinski definition) is 6. The smallest absolute Gasteiger partial charge is 0.277 e. The van der Waals surface area contributed by atoms with Gasteiger partial charge in [0.15, 0.2) is 0 Å². The van der Waals surface area contributed by atoms with Gasteiger partial charge in [-0.3, -0.25) is 19.2 Å². The summed E-state index contributed by atoms with van der Waals surface area (Å²) in [5.74, 6) is -1.83. The number of nitrogens with zero attached hydrogens (tertiary/aromatic N) is 1. The van der Waals surface area contributed by atoms with Crippen molar-refractivity contribution in [3.63, 3.8) is 0 Å². The first kappa shape index (κ1) is 19.5. The molecule has 0 unspecified atom stereocenters. The molecule has 0 fully saturated rings. The van der Waals surface area contributed by atoms with E-state index >= 15 is 0 Å². The van der Waals surface area contributed by atoms with Gasteiger partial charge in [-0.15, -0.1) is 0 Å². The molecular formula is C18H16FN3O5S. The summed E-state index contributed by atoms with van der Waals surface area (Å²) in [6.45, 7) is -0.460. The highest BCUT2D eigenvalue weighted by Gasteiger charge is 2.30. The first-order chi connectivity index (χ1) is 13.3. The Bertz CT molecular complexity index is 1050. The van der Waals surface area contributed by atoms with E-state index in [9.17, 15) is 22.4 Å². The zero-order chi connectivity index (χ0) is 20.3. The van der Waals surface area contributed by atoms with Gasteiger partial charge in [0.25, 0.3) is 21.8 Å². The lowest BCUT2D eigenvalue weighted by atomic mass is 10.3. The van der Waals surface area contributed by atoms with Crippen molar-refractivity contribution in [3.8, 4) is 0 Å². The number of aliphatic hydroxyl groups excluding tert-OH is 1. The maximum atomic E-state index is 13.7. The monoisotopic (exact) mass is 405 g/mol. The van der Waals surface area contributed by atoms with Gasteiger partial charge in [0.2, 0.25) is 0 Å². The number of β-amino-alcohol motifs (C(OH)–C–C–N with tert-alkyl or cyclic N) is 1. The van der Waals surface area contributed by atoms with E-state index in [4.69, 9.17) is 5.11 Å². The van der Waals surface area contributed by atoms with Crippen LogP contribution in [0.5, 0.6) is 0 Å². The average Bonchev–Trinajstić information content (AvgIpc) is 2.92. The minimum atomic E-state index is -4.00. The van der Waals surface area contributed by atoms with Crippen LogP contribution in [-0.4, -0.2) is 43.4 Å². The quantitative estimate of drug-likeness (QED) is 0.598. The summed E-state index contributed by atoms with van der Waals surface area (Å²) in [5, 5.41) is 11.6. The molecule has 0 aliphatic carbocycles. The van der Waals surface area contributed by atoms with Crippen molar-refractivity contribution < 1.29 is 27.5 Å². The molecule has 146 valence electrons. The van der Waals surface area contributed by atoms with Crippen LogP contribution in [0.1, 0.15) is 0 Å². The Morgan fingerprint density at radius 2 is 1.71 bits per heavy atom. The third-order valence-corrected chi connectivity index (χ3v) is 5.28. The van der Waals surface area contributed by atoms with E-state index in [1.807, 2.05) is 0 Å². The van der Waals surface area contributed by atoms with Crippen molar-refractivity contribution in [2.75, 3.05) is 23.2 Å². The van der Waals surface area contributed by atoms with E-state index in [0.29, 0.717) is 5.69 Å². The van der Waals surface area contributed by atoms with Crippen molar-refractivity contribution in [2.24, 2.45) is 0 Å². The number of sulfonamides is 1. The molecular weight excluding hydrogens is 389 g/mol. The van der Waals surface area contributed by atoms with Crippen molar-refractivity contribution in [3.05, 3.63) is 66.1 Å². The SMILES string of the molecule is O=C1C=C(Nc2ccc(S(=O)(=O)Nc3ccccc3F)cc2)C(=O)N1CCO. The second kappa shape index (κ2) is 7.79. The van der Waals surface area contributed by atoms with Crippen LogP contribution in [-0.2, 0) is 19.6 Å². The zero-order valence-corrected chi connectivity index (χ0v) is 15.2. The number of imide groups is 1. The van der Waals surface area contributed by atoms with E-state index in [-0.39, 0.29) is 29.4 Å². The van der Waals surface area contributed by atoms with Crippen LogP contribution in [0.25, 0.3) is 0 Å². The number of hydrogen-bond donors (Lipinski definition) is 3. The molecule has 0 saturated carbocycles. The number of benzene rings is 2. The number of halogens is 1. The van der Waals surface area contributed by atoms with Crippen LogP contribution >= 0.6 is 0 Å². The highest BCUT2D eigenvalue weighted by molar-refractivity contribution is 7.92. The Kier molecular flexibility index (Phi) is 5.43. The van der Waals surface area contributed by atoms with Gasteiger partial charge in [0.05, 0.1) is 23.7 Å². The number of aliphatic hydroxyl groups is 1. The lowest BCUT2D eigenvalue weighted by Crippen LogP contribution is -2.34. The Hall–Kier alpha value is -3.24. The average molecular weight is 405 g/mol. The molecule has 2 aromatic carbocycles. The summed E-state index contributed by atoms with van der Waals surface area (Å²) in [7, 11) is -4.00. The van der Waals surface area contributed by atoms with Crippen molar-refractivity contribution in [2.45, 2.75) is 4.90 Å². The van der Waals surface area contributed by atoms with Gasteiger partial charge in [-0.1, -0.05) is 12.1 Å². The number of carbonyl (C=O) groups excluding carboxylic acids is 2. The Labute approximate surface area is 160 Å². The predicted octanol–water partition coefficient (Wildman–Crippen LogP) is 1.28. The fourth-order valence-corrected chi connectivity index (χ4v) is 3.60. The topological polar surface area (TPSA) is 116 Å². The van der Waals surface area contributed by atoms with Crippen molar-refractivity contribution >= 4 is 33.2 Å². The number of rotatable bonds is 7. The lowest BCUT2D eigenvalue weighted by Gasteiger charge is -2.13. The van der Waals surface area contributed by atoms with Gasteiger partial charge in [0.1, 0.15) is 11.5 Å². The molecule has 1 heterocycles. The molecule has 0 saturated heterocycles. The normalized spacial score (nSPS) is 14.2. The second-order valence-corrected chi connectivity index (χ2v) is 7.49. The van der Waals surface area contributed by atoms with Crippen molar-refractivity contribution in [1.82, 2.24) is 4.90 Å². The zero-order valence-electron chi connectivity index (χ0n) is 14.4. The molecule has 3 N–H and O–H groups in total. The minimum Gasteiger partial charge on any atom is -0.395 e. The van der Waals surface area contributed by atoms with E-state index < -0.39 is 27.7 Å². The van der Waals surface area contributed by atoms with E-state index in [1.54, 1.807) is 0 Å². The van der Waals surface area contributed by atoms with Gasteiger partial charge in [-0.2, -0.15) is 0 Å². The number of amides is 2. The summed E-state index contributed by atoms with van der Waals surface area (Å²) in [6.07, 6.45) is 1.10. The molecule has 2 amide bonds. The number of para-hydroxylation sites is 1. The van der Waals surface area contributed by atoms with E-state index in [0.717, 1.165) is 17.0 Å². The van der Waals surface area contributed by atoms with Crippen LogP contribution in [0.2, 0.25) is 0 Å². The molecule has 10 heteroatoms. The molecule has 2 aromatic rings. The molecule has 8 nitrogen and oxygen atoms in total. The molecule has 0 aromatic heterocycles. The summed E-state index contributed by atoms with van der Waals surface area (Å²) in [5.41, 5.74) is 0.218. The Morgan fingerprint density at radius 1 is 1.04 bits per heavy atom. The fourth-order valence-electron chi connectivity index (χ4n) is 2.53. The Balaban J connectivity index is 1.73. The highest BCUT2D eigenvalue weighted by atomic mass is 32.2. The molecule has 0 spiro atoms. The summed E-state index contributed by atoms with van der Waals surface area (Å²) < 4.78 is 40.6. The van der Waals surface area contributed by atoms with Crippen LogP contribution in [0.3, 0.4) is 0 Å². The third-order valence-electron chi connectivity index (χ3n) is 3.89. The van der Waals surface area contributed by atoms with Crippen molar-refractivity contribution in [1.29, 1.82) is 0 Å². The van der Waals surface area contributed by atoms with Gasteiger partial charge >= 0.3 is 0 Å². The summed E-state index contributed by atoms with van der Waals surface area (Å²) >= 11 is 0.